The van der Waals surface area contributed by atoms with Gasteiger partial charge in [-0.05, 0) is 12.3 Å². The smallest absolute Gasteiger partial charge is 0.0191 e. The van der Waals surface area contributed by atoms with E-state index < -0.39 is 0 Å². The number of hydrogen-bond donors (Lipinski definition) is 0. The van der Waals surface area contributed by atoms with Gasteiger partial charge in [-0.25, -0.2) is 0 Å². The summed E-state index contributed by atoms with van der Waals surface area (Å²) in [4.78, 5) is 0. The van der Waals surface area contributed by atoms with Gasteiger partial charge in [-0.15, -0.1) is 0 Å². The zero-order valence-electron chi connectivity index (χ0n) is 4.65. The van der Waals surface area contributed by atoms with Crippen LogP contribution < -0.4 is 0 Å². The Kier molecular flexibility index (Phi) is 1.01. The lowest BCUT2D eigenvalue weighted by atomic mass is 10.4. The molecule has 0 N–H and O–H groups in total. The van der Waals surface area contributed by atoms with Crippen molar-refractivity contribution in [3.8, 4) is 0 Å². The fraction of sp³-hybridized carbons (Fsp3) is 0.429. The lowest BCUT2D eigenvalue weighted by molar-refractivity contribution is 1.02. The van der Waals surface area contributed by atoms with Crippen LogP contribution in [0.1, 0.15) is 13.3 Å². The molecule has 0 heteroatoms. The first kappa shape index (κ1) is 4.63. The molecule has 1 fully saturated rings. The van der Waals surface area contributed by atoms with Crippen LogP contribution in [0.5, 0.6) is 0 Å². The number of rotatable bonds is 1. The molecule has 1 unspecified atom stereocenters. The van der Waals surface area contributed by atoms with E-state index in [4.69, 9.17) is 0 Å². The normalized spacial score (nSPS) is 33.3. The van der Waals surface area contributed by atoms with E-state index in [1.54, 1.807) is 5.57 Å². The van der Waals surface area contributed by atoms with Crippen LogP contribution in [0.15, 0.2) is 24.3 Å². The van der Waals surface area contributed by atoms with Crippen LogP contribution in [0.2, 0.25) is 0 Å². The maximum atomic E-state index is 3.60. The second-order valence-corrected chi connectivity index (χ2v) is 2.08. The summed E-state index contributed by atoms with van der Waals surface area (Å²) < 4.78 is 0. The summed E-state index contributed by atoms with van der Waals surface area (Å²) in [5.41, 5.74) is 1.55. The van der Waals surface area contributed by atoms with Gasteiger partial charge in [0.15, 0.2) is 0 Å². The molecule has 0 bridgehead atoms. The van der Waals surface area contributed by atoms with Gasteiger partial charge in [-0.2, -0.15) is 0 Å². The first-order chi connectivity index (χ1) is 3.34. The molecule has 0 amide bonds. The standard InChI is InChI=1S/C7H10/c1-3-4-7-5-6(7)2/h3-4,6H,1,5H2,2H3. The Morgan fingerprint density at radius 2 is 2.43 bits per heavy atom. The summed E-state index contributed by atoms with van der Waals surface area (Å²) in [5.74, 6) is 0.859. The van der Waals surface area contributed by atoms with Crippen molar-refractivity contribution in [2.24, 2.45) is 5.92 Å². The van der Waals surface area contributed by atoms with E-state index in [1.165, 1.54) is 6.42 Å². The summed E-state index contributed by atoms with van der Waals surface area (Å²) >= 11 is 0. The minimum atomic E-state index is 0.859. The first-order valence-electron chi connectivity index (χ1n) is 2.66. The molecular weight excluding hydrogens is 84.1 g/mol. The molecule has 0 nitrogen and oxygen atoms in total. The molecule has 1 aliphatic carbocycles. The molecule has 1 saturated carbocycles. The van der Waals surface area contributed by atoms with Crippen LogP contribution in [-0.2, 0) is 0 Å². The van der Waals surface area contributed by atoms with Gasteiger partial charge < -0.3 is 0 Å². The fourth-order valence-corrected chi connectivity index (χ4v) is 0.678. The summed E-state index contributed by atoms with van der Waals surface area (Å²) in [7, 11) is 0. The van der Waals surface area contributed by atoms with Gasteiger partial charge >= 0.3 is 0 Å². The van der Waals surface area contributed by atoms with Crippen molar-refractivity contribution in [2.75, 3.05) is 0 Å². The molecular formula is C7H10. The topological polar surface area (TPSA) is 0 Å². The molecule has 0 radical (unpaired) electrons. The lowest BCUT2D eigenvalue weighted by Crippen LogP contribution is -1.51. The highest BCUT2D eigenvalue weighted by atomic mass is 14.3. The molecule has 0 aromatic heterocycles. The monoisotopic (exact) mass is 94.1 g/mol. The van der Waals surface area contributed by atoms with Gasteiger partial charge in [0.05, 0.1) is 0 Å². The summed E-state index contributed by atoms with van der Waals surface area (Å²) in [6.07, 6.45) is 5.26. The third-order valence-corrected chi connectivity index (χ3v) is 1.35. The molecule has 1 aliphatic rings. The Hall–Kier alpha value is -0.520. The Morgan fingerprint density at radius 3 is 2.57 bits per heavy atom. The van der Waals surface area contributed by atoms with Crippen molar-refractivity contribution in [1.82, 2.24) is 0 Å². The molecule has 38 valence electrons. The zero-order valence-corrected chi connectivity index (χ0v) is 4.65. The molecule has 0 aromatic carbocycles. The molecule has 7 heavy (non-hydrogen) atoms. The molecule has 0 aliphatic heterocycles. The minimum Gasteiger partial charge on any atom is -0.0991 e. The van der Waals surface area contributed by atoms with Crippen molar-refractivity contribution in [3.63, 3.8) is 0 Å². The van der Waals surface area contributed by atoms with Crippen molar-refractivity contribution in [3.05, 3.63) is 24.3 Å². The van der Waals surface area contributed by atoms with E-state index in [1.807, 2.05) is 6.08 Å². The van der Waals surface area contributed by atoms with Crippen LogP contribution in [0.3, 0.4) is 0 Å². The molecule has 1 atom stereocenters. The summed E-state index contributed by atoms with van der Waals surface area (Å²) in [6, 6.07) is 0. The largest absolute Gasteiger partial charge is 0.0991 e. The van der Waals surface area contributed by atoms with E-state index in [9.17, 15) is 0 Å². The third kappa shape index (κ3) is 0.923. The predicted molar refractivity (Wildman–Crippen MR) is 32.1 cm³/mol. The van der Waals surface area contributed by atoms with Crippen LogP contribution in [0.4, 0.5) is 0 Å². The van der Waals surface area contributed by atoms with Gasteiger partial charge in [-0.3, -0.25) is 0 Å². The Labute approximate surface area is 44.5 Å². The predicted octanol–water partition coefficient (Wildman–Crippen LogP) is 2.14. The Morgan fingerprint density at radius 1 is 1.86 bits per heavy atom. The van der Waals surface area contributed by atoms with Gasteiger partial charge in [0.2, 0.25) is 0 Å². The van der Waals surface area contributed by atoms with E-state index in [2.05, 4.69) is 19.6 Å². The van der Waals surface area contributed by atoms with E-state index in [-0.39, 0.29) is 0 Å². The fourth-order valence-electron chi connectivity index (χ4n) is 0.678. The summed E-state index contributed by atoms with van der Waals surface area (Å²) in [6.45, 7) is 5.83. The average molecular weight is 94.2 g/mol. The highest BCUT2D eigenvalue weighted by Crippen LogP contribution is 2.36. The number of allylic oxidation sites excluding steroid dienone is 3. The minimum absolute atomic E-state index is 0.859. The average Bonchev–Trinajstić information content (AvgIpc) is 2.22. The third-order valence-electron chi connectivity index (χ3n) is 1.35. The second-order valence-electron chi connectivity index (χ2n) is 2.08. The van der Waals surface area contributed by atoms with Crippen LogP contribution in [-0.4, -0.2) is 0 Å². The van der Waals surface area contributed by atoms with Gasteiger partial charge in [-0.1, -0.05) is 31.2 Å². The maximum absolute atomic E-state index is 3.60. The molecule has 0 aromatic rings. The van der Waals surface area contributed by atoms with Crippen molar-refractivity contribution in [2.45, 2.75) is 13.3 Å². The molecule has 0 spiro atoms. The molecule has 0 saturated heterocycles. The number of hydrogen-bond acceptors (Lipinski definition) is 0. The van der Waals surface area contributed by atoms with Gasteiger partial charge in [0, 0.05) is 0 Å². The van der Waals surface area contributed by atoms with E-state index >= 15 is 0 Å². The van der Waals surface area contributed by atoms with Crippen LogP contribution >= 0.6 is 0 Å². The lowest BCUT2D eigenvalue weighted by Gasteiger charge is -1.66. The van der Waals surface area contributed by atoms with Crippen molar-refractivity contribution >= 4 is 0 Å². The van der Waals surface area contributed by atoms with Crippen LogP contribution in [0.25, 0.3) is 0 Å². The van der Waals surface area contributed by atoms with Crippen LogP contribution in [0, 0.1) is 5.92 Å². The zero-order chi connectivity index (χ0) is 5.28. The van der Waals surface area contributed by atoms with Gasteiger partial charge in [0.1, 0.15) is 0 Å². The SMILES string of the molecule is C=CC=C1CC1C. The maximum Gasteiger partial charge on any atom is -0.0191 e. The molecule has 1 rings (SSSR count). The Balaban J connectivity index is 2.44. The summed E-state index contributed by atoms with van der Waals surface area (Å²) in [5, 5.41) is 0. The van der Waals surface area contributed by atoms with E-state index in [0.29, 0.717) is 0 Å². The quantitative estimate of drug-likeness (QED) is 0.467. The highest BCUT2D eigenvalue weighted by Gasteiger charge is 2.22. The second kappa shape index (κ2) is 1.53. The van der Waals surface area contributed by atoms with E-state index in [0.717, 1.165) is 5.92 Å². The van der Waals surface area contributed by atoms with Crippen molar-refractivity contribution < 1.29 is 0 Å². The highest BCUT2D eigenvalue weighted by molar-refractivity contribution is 5.25. The first-order valence-corrected chi connectivity index (χ1v) is 2.66. The van der Waals surface area contributed by atoms with Gasteiger partial charge in [0.25, 0.3) is 0 Å². The van der Waals surface area contributed by atoms with Crippen molar-refractivity contribution in [1.29, 1.82) is 0 Å². The molecule has 0 heterocycles. The Bertz CT molecular complexity index is 109.